The smallest absolute Gasteiger partial charge is 0.255 e. The Labute approximate surface area is 114 Å². The van der Waals surface area contributed by atoms with Crippen LogP contribution in [-0.2, 0) is 0 Å². The first-order chi connectivity index (χ1) is 8.97. The summed E-state index contributed by atoms with van der Waals surface area (Å²) in [5, 5.41) is 12.8. The molecule has 1 heterocycles. The summed E-state index contributed by atoms with van der Waals surface area (Å²) in [4.78, 5) is 14.5. The highest BCUT2D eigenvalue weighted by Crippen LogP contribution is 2.20. The predicted molar refractivity (Wildman–Crippen MR) is 75.4 cm³/mol. The van der Waals surface area contributed by atoms with E-state index >= 15 is 0 Å². The van der Waals surface area contributed by atoms with Gasteiger partial charge in [-0.15, -0.1) is 0 Å². The Balaban J connectivity index is 2.06. The maximum absolute atomic E-state index is 12.2. The molecule has 1 aromatic carbocycles. The zero-order chi connectivity index (χ0) is 14.0. The Morgan fingerprint density at radius 2 is 2.21 bits per heavy atom. The Bertz CT molecular complexity index is 473. The van der Waals surface area contributed by atoms with E-state index in [1.54, 1.807) is 18.2 Å². The van der Waals surface area contributed by atoms with Crippen LogP contribution in [0.15, 0.2) is 18.2 Å². The summed E-state index contributed by atoms with van der Waals surface area (Å²) in [7, 11) is 2.10. The number of rotatable bonds is 2. The highest BCUT2D eigenvalue weighted by molar-refractivity contribution is 5.97. The third-order valence-corrected chi connectivity index (χ3v) is 3.82. The summed E-state index contributed by atoms with van der Waals surface area (Å²) in [5.41, 5.74) is 1.34. The molecular formula is C15H22N2O2. The van der Waals surface area contributed by atoms with Crippen molar-refractivity contribution >= 4 is 5.91 Å². The molecule has 0 bridgehead atoms. The fraction of sp³-hybridized carbons (Fsp3) is 0.533. The first-order valence-electron chi connectivity index (χ1n) is 6.76. The number of benzene rings is 1. The van der Waals surface area contributed by atoms with Crippen molar-refractivity contribution in [2.45, 2.75) is 26.3 Å². The summed E-state index contributed by atoms with van der Waals surface area (Å²) < 4.78 is 0. The molecule has 0 aromatic heterocycles. The van der Waals surface area contributed by atoms with Crippen LogP contribution in [0.1, 0.15) is 29.3 Å². The van der Waals surface area contributed by atoms with Gasteiger partial charge in [0, 0.05) is 12.6 Å². The van der Waals surface area contributed by atoms with E-state index in [0.717, 1.165) is 25.1 Å². The Hall–Kier alpha value is -1.55. The zero-order valence-electron chi connectivity index (χ0n) is 11.8. The lowest BCUT2D eigenvalue weighted by molar-refractivity contribution is 0.0881. The Morgan fingerprint density at radius 1 is 1.47 bits per heavy atom. The van der Waals surface area contributed by atoms with Crippen LogP contribution >= 0.6 is 0 Å². The van der Waals surface area contributed by atoms with Crippen molar-refractivity contribution in [2.24, 2.45) is 5.92 Å². The number of carbonyl (C=O) groups is 1. The van der Waals surface area contributed by atoms with E-state index in [2.05, 4.69) is 24.2 Å². The van der Waals surface area contributed by atoms with Gasteiger partial charge in [-0.05, 0) is 45.0 Å². The summed E-state index contributed by atoms with van der Waals surface area (Å²) in [6.45, 7) is 6.05. The van der Waals surface area contributed by atoms with E-state index in [9.17, 15) is 9.90 Å². The van der Waals surface area contributed by atoms with Crippen molar-refractivity contribution in [3.63, 3.8) is 0 Å². The van der Waals surface area contributed by atoms with Crippen molar-refractivity contribution < 1.29 is 9.90 Å². The van der Waals surface area contributed by atoms with Crippen LogP contribution in [0.3, 0.4) is 0 Å². The highest BCUT2D eigenvalue weighted by atomic mass is 16.3. The minimum atomic E-state index is -0.178. The number of nitrogens with one attached hydrogen (secondary N) is 1. The maximum atomic E-state index is 12.2. The third kappa shape index (κ3) is 3.26. The van der Waals surface area contributed by atoms with Crippen molar-refractivity contribution in [2.75, 3.05) is 20.1 Å². The van der Waals surface area contributed by atoms with E-state index in [0.29, 0.717) is 11.5 Å². The van der Waals surface area contributed by atoms with Gasteiger partial charge in [-0.1, -0.05) is 18.6 Å². The molecule has 4 nitrogen and oxygen atoms in total. The standard InChI is InChI=1S/C15H22N2O2/c1-10-4-5-14(18)12(8-10)15(19)16-13-6-7-17(3)9-11(13)2/h4-5,8,11,13,18H,6-7,9H2,1-3H3,(H,16,19). The lowest BCUT2D eigenvalue weighted by Gasteiger charge is -2.35. The molecule has 2 rings (SSSR count). The monoisotopic (exact) mass is 262 g/mol. The van der Waals surface area contributed by atoms with Crippen LogP contribution in [-0.4, -0.2) is 42.1 Å². The highest BCUT2D eigenvalue weighted by Gasteiger charge is 2.26. The lowest BCUT2D eigenvalue weighted by Crippen LogP contribution is -2.48. The van der Waals surface area contributed by atoms with Crippen LogP contribution in [0.25, 0.3) is 0 Å². The molecule has 2 N–H and O–H groups in total. The van der Waals surface area contributed by atoms with Crippen LogP contribution in [0.5, 0.6) is 5.75 Å². The first-order valence-corrected chi connectivity index (χ1v) is 6.76. The molecule has 1 saturated heterocycles. The number of phenols is 1. The van der Waals surface area contributed by atoms with Gasteiger partial charge in [0.1, 0.15) is 5.75 Å². The quantitative estimate of drug-likeness (QED) is 0.854. The molecule has 19 heavy (non-hydrogen) atoms. The van der Waals surface area contributed by atoms with Crippen LogP contribution < -0.4 is 5.32 Å². The molecule has 4 heteroatoms. The molecule has 104 valence electrons. The number of aromatic hydroxyl groups is 1. The van der Waals surface area contributed by atoms with Crippen molar-refractivity contribution in [3.8, 4) is 5.75 Å². The molecule has 1 amide bonds. The molecule has 2 unspecified atom stereocenters. The molecule has 2 atom stereocenters. The second-order valence-electron chi connectivity index (χ2n) is 5.63. The van der Waals surface area contributed by atoms with Gasteiger partial charge in [0.15, 0.2) is 0 Å². The van der Waals surface area contributed by atoms with Gasteiger partial charge in [-0.2, -0.15) is 0 Å². The van der Waals surface area contributed by atoms with Crippen molar-refractivity contribution in [1.82, 2.24) is 10.2 Å². The van der Waals surface area contributed by atoms with E-state index < -0.39 is 0 Å². The number of hydrogen-bond acceptors (Lipinski definition) is 3. The molecule has 1 aliphatic rings. The summed E-state index contributed by atoms with van der Waals surface area (Å²) in [5.74, 6) is 0.293. The summed E-state index contributed by atoms with van der Waals surface area (Å²) in [6.07, 6.45) is 0.954. The van der Waals surface area contributed by atoms with E-state index in [1.165, 1.54) is 0 Å². The molecule has 1 aliphatic heterocycles. The van der Waals surface area contributed by atoms with Crippen LogP contribution in [0.4, 0.5) is 0 Å². The Kier molecular flexibility index (Phi) is 4.10. The van der Waals surface area contributed by atoms with Crippen molar-refractivity contribution in [3.05, 3.63) is 29.3 Å². The molecule has 0 spiro atoms. The minimum Gasteiger partial charge on any atom is -0.507 e. The number of nitrogens with zero attached hydrogens (tertiary/aromatic N) is 1. The average molecular weight is 262 g/mol. The van der Waals surface area contributed by atoms with E-state index in [1.807, 2.05) is 6.92 Å². The van der Waals surface area contributed by atoms with Gasteiger partial charge in [-0.3, -0.25) is 4.79 Å². The van der Waals surface area contributed by atoms with Gasteiger partial charge in [-0.25, -0.2) is 0 Å². The van der Waals surface area contributed by atoms with Crippen molar-refractivity contribution in [1.29, 1.82) is 0 Å². The van der Waals surface area contributed by atoms with Gasteiger partial charge in [0.05, 0.1) is 5.56 Å². The molecule has 1 aromatic rings. The molecule has 1 fully saturated rings. The fourth-order valence-corrected chi connectivity index (χ4v) is 2.65. The largest absolute Gasteiger partial charge is 0.507 e. The van der Waals surface area contributed by atoms with Gasteiger partial charge in [0.25, 0.3) is 5.91 Å². The van der Waals surface area contributed by atoms with Gasteiger partial charge in [0.2, 0.25) is 0 Å². The molecule has 0 saturated carbocycles. The second kappa shape index (κ2) is 5.61. The summed E-state index contributed by atoms with van der Waals surface area (Å²) in [6, 6.07) is 5.28. The number of aryl methyl sites for hydroxylation is 1. The number of phenolic OH excluding ortho intramolecular Hbond substituents is 1. The van der Waals surface area contributed by atoms with E-state index in [4.69, 9.17) is 0 Å². The molecular weight excluding hydrogens is 240 g/mol. The molecule has 0 radical (unpaired) electrons. The Morgan fingerprint density at radius 3 is 2.89 bits per heavy atom. The first kappa shape index (κ1) is 13.9. The second-order valence-corrected chi connectivity index (χ2v) is 5.63. The minimum absolute atomic E-state index is 0.0451. The SMILES string of the molecule is Cc1ccc(O)c(C(=O)NC2CCN(C)CC2C)c1. The normalized spacial score (nSPS) is 24.2. The van der Waals surface area contributed by atoms with Gasteiger partial charge >= 0.3 is 0 Å². The maximum Gasteiger partial charge on any atom is 0.255 e. The fourth-order valence-electron chi connectivity index (χ4n) is 2.65. The number of likely N-dealkylation sites (tertiary alicyclic amines) is 1. The predicted octanol–water partition coefficient (Wildman–Crippen LogP) is 1.77. The number of amides is 1. The summed E-state index contributed by atoms with van der Waals surface area (Å²) >= 11 is 0. The van der Waals surface area contributed by atoms with E-state index in [-0.39, 0.29) is 17.7 Å². The topological polar surface area (TPSA) is 52.6 Å². The van der Waals surface area contributed by atoms with Crippen LogP contribution in [0, 0.1) is 12.8 Å². The third-order valence-electron chi connectivity index (χ3n) is 3.82. The zero-order valence-corrected chi connectivity index (χ0v) is 11.8. The number of hydrogen-bond donors (Lipinski definition) is 2. The number of piperidine rings is 1. The average Bonchev–Trinajstić information content (AvgIpc) is 2.35. The molecule has 0 aliphatic carbocycles. The van der Waals surface area contributed by atoms with Crippen LogP contribution in [0.2, 0.25) is 0 Å². The lowest BCUT2D eigenvalue weighted by atomic mass is 9.94. The number of carbonyl (C=O) groups excluding carboxylic acids is 1. The van der Waals surface area contributed by atoms with Gasteiger partial charge < -0.3 is 15.3 Å².